The van der Waals surface area contributed by atoms with E-state index < -0.39 is 10.0 Å². The monoisotopic (exact) mass is 319 g/mol. The Labute approximate surface area is 126 Å². The van der Waals surface area contributed by atoms with Gasteiger partial charge in [0.1, 0.15) is 4.90 Å². The second kappa shape index (κ2) is 6.30. The molecule has 0 atom stereocenters. The zero-order valence-corrected chi connectivity index (χ0v) is 13.8. The van der Waals surface area contributed by atoms with E-state index in [9.17, 15) is 8.42 Å². The lowest BCUT2D eigenvalue weighted by Gasteiger charge is -2.28. The van der Waals surface area contributed by atoms with Crippen molar-refractivity contribution in [1.29, 1.82) is 0 Å². The van der Waals surface area contributed by atoms with Crippen molar-refractivity contribution in [2.45, 2.75) is 18.7 Å². The highest BCUT2D eigenvalue weighted by atomic mass is 35.5. The maximum atomic E-state index is 12.3. The van der Waals surface area contributed by atoms with E-state index in [1.54, 1.807) is 6.07 Å². The van der Waals surface area contributed by atoms with Crippen LogP contribution in [-0.2, 0) is 10.0 Å². The number of nitrogen functional groups attached to an aromatic ring is 1. The highest BCUT2D eigenvalue weighted by Crippen LogP contribution is 2.24. The molecule has 1 aromatic rings. The number of hydrogen-bond donors (Lipinski definition) is 2. The van der Waals surface area contributed by atoms with Gasteiger partial charge in [0, 0.05) is 18.8 Å². The number of hydrogen-bond acceptors (Lipinski definition) is 4. The summed E-state index contributed by atoms with van der Waals surface area (Å²) in [6.45, 7) is 5.08. The molecular formula is C13H22ClN3O2S. The first-order valence-corrected chi connectivity index (χ1v) is 8.09. The first-order chi connectivity index (χ1) is 9.03. The summed E-state index contributed by atoms with van der Waals surface area (Å²) in [6.07, 6.45) is 0. The van der Waals surface area contributed by atoms with Gasteiger partial charge in [-0.3, -0.25) is 0 Å². The smallest absolute Gasteiger partial charge is 0.242 e. The largest absolute Gasteiger partial charge is 0.399 e. The molecule has 114 valence electrons. The molecule has 0 unspecified atom stereocenters. The molecule has 1 rings (SSSR count). The van der Waals surface area contributed by atoms with Gasteiger partial charge in [0.2, 0.25) is 10.0 Å². The van der Waals surface area contributed by atoms with Crippen molar-refractivity contribution in [2.75, 3.05) is 32.9 Å². The molecule has 0 bridgehead atoms. The van der Waals surface area contributed by atoms with Gasteiger partial charge in [-0.25, -0.2) is 13.1 Å². The van der Waals surface area contributed by atoms with Gasteiger partial charge in [-0.15, -0.1) is 0 Å². The van der Waals surface area contributed by atoms with Crippen LogP contribution in [0, 0.1) is 5.41 Å². The molecule has 0 radical (unpaired) electrons. The van der Waals surface area contributed by atoms with Gasteiger partial charge in [-0.2, -0.15) is 0 Å². The lowest BCUT2D eigenvalue weighted by atomic mass is 9.93. The summed E-state index contributed by atoms with van der Waals surface area (Å²) >= 11 is 5.93. The van der Waals surface area contributed by atoms with Crippen molar-refractivity contribution in [3.8, 4) is 0 Å². The minimum absolute atomic E-state index is 0.0137. The van der Waals surface area contributed by atoms with Crippen LogP contribution in [0.15, 0.2) is 23.1 Å². The van der Waals surface area contributed by atoms with Crippen LogP contribution in [0.25, 0.3) is 0 Å². The molecule has 0 aliphatic heterocycles. The third-order valence-corrected chi connectivity index (χ3v) is 4.61. The Kier molecular flexibility index (Phi) is 5.43. The first kappa shape index (κ1) is 17.2. The number of rotatable bonds is 6. The quantitative estimate of drug-likeness (QED) is 0.784. The molecule has 3 N–H and O–H groups in total. The van der Waals surface area contributed by atoms with E-state index in [1.807, 2.05) is 32.8 Å². The zero-order valence-electron chi connectivity index (χ0n) is 12.3. The number of sulfonamides is 1. The Bertz CT molecular complexity index is 571. The molecule has 1 aromatic carbocycles. The summed E-state index contributed by atoms with van der Waals surface area (Å²) in [6, 6.07) is 4.41. The molecule has 0 aromatic heterocycles. The standard InChI is InChI=1S/C13H22ClN3O2S/c1-13(2,9-17(3)4)8-16-20(18,19)12-7-10(15)5-6-11(12)14/h5-7,16H,8-9,15H2,1-4H3. The summed E-state index contributed by atoms with van der Waals surface area (Å²) in [5.41, 5.74) is 5.79. The highest BCUT2D eigenvalue weighted by Gasteiger charge is 2.24. The van der Waals surface area contributed by atoms with Gasteiger partial charge < -0.3 is 10.6 Å². The van der Waals surface area contributed by atoms with Crippen LogP contribution in [0.2, 0.25) is 5.02 Å². The van der Waals surface area contributed by atoms with Gasteiger partial charge >= 0.3 is 0 Å². The molecule has 0 saturated carbocycles. The van der Waals surface area contributed by atoms with Gasteiger partial charge in [-0.05, 0) is 37.7 Å². The average Bonchev–Trinajstić information content (AvgIpc) is 2.28. The SMILES string of the molecule is CN(C)CC(C)(C)CNS(=O)(=O)c1cc(N)ccc1Cl. The van der Waals surface area contributed by atoms with Crippen molar-refractivity contribution < 1.29 is 8.42 Å². The number of nitrogens with one attached hydrogen (secondary N) is 1. The van der Waals surface area contributed by atoms with Crippen molar-refractivity contribution in [3.63, 3.8) is 0 Å². The first-order valence-electron chi connectivity index (χ1n) is 6.23. The number of benzene rings is 1. The summed E-state index contributed by atoms with van der Waals surface area (Å²) in [5, 5.41) is 0.164. The maximum absolute atomic E-state index is 12.3. The molecule has 0 saturated heterocycles. The molecule has 0 aliphatic rings. The van der Waals surface area contributed by atoms with Crippen LogP contribution in [0.4, 0.5) is 5.69 Å². The van der Waals surface area contributed by atoms with Gasteiger partial charge in [0.15, 0.2) is 0 Å². The minimum atomic E-state index is -3.66. The van der Waals surface area contributed by atoms with E-state index in [1.165, 1.54) is 12.1 Å². The average molecular weight is 320 g/mol. The fraction of sp³-hybridized carbons (Fsp3) is 0.538. The van der Waals surface area contributed by atoms with E-state index >= 15 is 0 Å². The Morgan fingerprint density at radius 3 is 2.50 bits per heavy atom. The summed E-state index contributed by atoms with van der Waals surface area (Å²) in [5.74, 6) is 0. The Morgan fingerprint density at radius 2 is 1.95 bits per heavy atom. The molecule has 5 nitrogen and oxygen atoms in total. The van der Waals surface area contributed by atoms with E-state index in [4.69, 9.17) is 17.3 Å². The van der Waals surface area contributed by atoms with Crippen LogP contribution in [0.3, 0.4) is 0 Å². The molecule has 20 heavy (non-hydrogen) atoms. The van der Waals surface area contributed by atoms with Crippen molar-refractivity contribution in [1.82, 2.24) is 9.62 Å². The molecule has 0 spiro atoms. The molecular weight excluding hydrogens is 298 g/mol. The second-order valence-corrected chi connectivity index (χ2v) is 8.06. The van der Waals surface area contributed by atoms with Crippen LogP contribution in [-0.4, -0.2) is 40.5 Å². The van der Waals surface area contributed by atoms with Crippen molar-refractivity contribution in [2.24, 2.45) is 5.41 Å². The summed E-state index contributed by atoms with van der Waals surface area (Å²) in [4.78, 5) is 2.03. The molecule has 0 aliphatic carbocycles. The van der Waals surface area contributed by atoms with E-state index in [0.29, 0.717) is 12.2 Å². The molecule has 7 heteroatoms. The summed E-state index contributed by atoms with van der Waals surface area (Å²) in [7, 11) is 0.236. The lowest BCUT2D eigenvalue weighted by Crippen LogP contribution is -2.40. The normalized spacial score (nSPS) is 12.9. The number of halogens is 1. The topological polar surface area (TPSA) is 75.4 Å². The maximum Gasteiger partial charge on any atom is 0.242 e. The number of nitrogens with zero attached hydrogens (tertiary/aromatic N) is 1. The van der Waals surface area contributed by atoms with Crippen LogP contribution in [0.5, 0.6) is 0 Å². The fourth-order valence-electron chi connectivity index (χ4n) is 2.01. The van der Waals surface area contributed by atoms with Crippen molar-refractivity contribution in [3.05, 3.63) is 23.2 Å². The second-order valence-electron chi connectivity index (χ2n) is 5.92. The zero-order chi connectivity index (χ0) is 15.6. The van der Waals surface area contributed by atoms with Gasteiger partial charge in [-0.1, -0.05) is 25.4 Å². The Balaban J connectivity index is 2.88. The van der Waals surface area contributed by atoms with Gasteiger partial charge in [0.05, 0.1) is 5.02 Å². The Hall–Kier alpha value is -0.820. The fourth-order valence-corrected chi connectivity index (χ4v) is 3.78. The third-order valence-electron chi connectivity index (χ3n) is 2.73. The van der Waals surface area contributed by atoms with Crippen molar-refractivity contribution >= 4 is 27.3 Å². The summed E-state index contributed by atoms with van der Waals surface area (Å²) < 4.78 is 27.1. The molecule has 0 amide bonds. The molecule has 0 fully saturated rings. The third kappa shape index (κ3) is 4.94. The predicted molar refractivity (Wildman–Crippen MR) is 83.4 cm³/mol. The van der Waals surface area contributed by atoms with Gasteiger partial charge in [0.25, 0.3) is 0 Å². The lowest BCUT2D eigenvalue weighted by molar-refractivity contribution is 0.242. The molecule has 0 heterocycles. The number of nitrogens with two attached hydrogens (primary N) is 1. The van der Waals surface area contributed by atoms with E-state index in [0.717, 1.165) is 6.54 Å². The minimum Gasteiger partial charge on any atom is -0.399 e. The van der Waals surface area contributed by atoms with Crippen LogP contribution < -0.4 is 10.5 Å². The predicted octanol–water partition coefficient (Wildman–Crippen LogP) is 1.79. The Morgan fingerprint density at radius 1 is 1.35 bits per heavy atom. The van der Waals surface area contributed by atoms with E-state index in [-0.39, 0.29) is 15.3 Å². The highest BCUT2D eigenvalue weighted by molar-refractivity contribution is 7.89. The number of anilines is 1. The van der Waals surface area contributed by atoms with Crippen LogP contribution in [0.1, 0.15) is 13.8 Å². The van der Waals surface area contributed by atoms with E-state index in [2.05, 4.69) is 4.72 Å². The van der Waals surface area contributed by atoms with Crippen LogP contribution >= 0.6 is 11.6 Å².